The lowest BCUT2D eigenvalue weighted by Crippen LogP contribution is -2.17. The van der Waals surface area contributed by atoms with Crippen LogP contribution in [0.1, 0.15) is 10.9 Å². The lowest BCUT2D eigenvalue weighted by atomic mass is 10.2. The molecular weight excluding hydrogens is 284 g/mol. The van der Waals surface area contributed by atoms with E-state index in [9.17, 15) is 0 Å². The molecule has 1 aromatic carbocycles. The lowest BCUT2D eigenvalue weighted by Gasteiger charge is -2.09. The monoisotopic (exact) mass is 294 g/mol. The molecule has 4 nitrogen and oxygen atoms in total. The summed E-state index contributed by atoms with van der Waals surface area (Å²) < 4.78 is 10.8. The van der Waals surface area contributed by atoms with Gasteiger partial charge in [-0.15, -0.1) is 11.3 Å². The first-order valence-electron chi connectivity index (χ1n) is 5.71. The topological polar surface area (TPSA) is 61.3 Å². The summed E-state index contributed by atoms with van der Waals surface area (Å²) in [6.45, 7) is 0.342. The van der Waals surface area contributed by atoms with Gasteiger partial charge in [0.15, 0.2) is 5.58 Å². The average molecular weight is 295 g/mol. The number of fused-ring (bicyclic) bond motifs is 1. The van der Waals surface area contributed by atoms with Crippen molar-refractivity contribution in [2.45, 2.75) is 6.04 Å². The first kappa shape index (κ1) is 12.5. The van der Waals surface area contributed by atoms with Crippen molar-refractivity contribution in [2.24, 2.45) is 5.73 Å². The van der Waals surface area contributed by atoms with Gasteiger partial charge < -0.3 is 15.0 Å². The second kappa shape index (κ2) is 5.21. The van der Waals surface area contributed by atoms with Crippen molar-refractivity contribution in [3.8, 4) is 5.88 Å². The molecular formula is C13H11ClN2O2S. The summed E-state index contributed by atoms with van der Waals surface area (Å²) >= 11 is 7.55. The second-order valence-electron chi connectivity index (χ2n) is 4.06. The van der Waals surface area contributed by atoms with Gasteiger partial charge >= 0.3 is 0 Å². The molecule has 0 aliphatic carbocycles. The Bertz CT molecular complexity index is 681. The largest absolute Gasteiger partial charge is 0.473 e. The zero-order valence-corrected chi connectivity index (χ0v) is 11.4. The molecule has 0 radical (unpaired) electrons. The highest BCUT2D eigenvalue weighted by molar-refractivity contribution is 7.10. The highest BCUT2D eigenvalue weighted by atomic mass is 35.5. The van der Waals surface area contributed by atoms with Crippen molar-refractivity contribution < 1.29 is 9.26 Å². The Morgan fingerprint density at radius 3 is 3.11 bits per heavy atom. The lowest BCUT2D eigenvalue weighted by molar-refractivity contribution is 0.265. The Kier molecular flexibility index (Phi) is 3.42. The number of aromatic nitrogens is 1. The molecule has 0 saturated carbocycles. The zero-order valence-electron chi connectivity index (χ0n) is 9.88. The number of benzene rings is 1. The molecule has 0 aliphatic heterocycles. The van der Waals surface area contributed by atoms with Gasteiger partial charge in [0.1, 0.15) is 6.61 Å². The molecule has 1 atom stereocenters. The number of thiophene rings is 1. The summed E-state index contributed by atoms with van der Waals surface area (Å²) in [7, 11) is 0. The van der Waals surface area contributed by atoms with E-state index in [2.05, 4.69) is 5.16 Å². The van der Waals surface area contributed by atoms with E-state index in [-0.39, 0.29) is 6.04 Å². The minimum absolute atomic E-state index is 0.175. The van der Waals surface area contributed by atoms with Crippen molar-refractivity contribution in [3.63, 3.8) is 0 Å². The molecule has 0 aliphatic rings. The van der Waals surface area contributed by atoms with E-state index in [1.807, 2.05) is 17.5 Å². The maximum Gasteiger partial charge on any atom is 0.262 e. The van der Waals surface area contributed by atoms with Crippen LogP contribution in [0.3, 0.4) is 0 Å². The van der Waals surface area contributed by atoms with Gasteiger partial charge in [0.05, 0.1) is 11.4 Å². The van der Waals surface area contributed by atoms with E-state index in [0.717, 1.165) is 10.3 Å². The number of rotatable bonds is 4. The van der Waals surface area contributed by atoms with E-state index in [1.54, 1.807) is 29.5 Å². The fourth-order valence-electron chi connectivity index (χ4n) is 1.75. The van der Waals surface area contributed by atoms with Gasteiger partial charge in [0.2, 0.25) is 0 Å². The van der Waals surface area contributed by atoms with E-state index < -0.39 is 0 Å². The van der Waals surface area contributed by atoms with Gasteiger partial charge in [-0.2, -0.15) is 0 Å². The Labute approximate surface area is 118 Å². The van der Waals surface area contributed by atoms with Gasteiger partial charge in [0.25, 0.3) is 5.88 Å². The van der Waals surface area contributed by atoms with Crippen molar-refractivity contribution in [3.05, 3.63) is 45.6 Å². The first-order valence-corrected chi connectivity index (χ1v) is 6.96. The third-order valence-electron chi connectivity index (χ3n) is 2.71. The molecule has 6 heteroatoms. The summed E-state index contributed by atoms with van der Waals surface area (Å²) in [5.41, 5.74) is 6.67. The zero-order chi connectivity index (χ0) is 13.2. The Morgan fingerprint density at radius 1 is 1.42 bits per heavy atom. The molecule has 1 unspecified atom stereocenters. The minimum Gasteiger partial charge on any atom is -0.473 e. The van der Waals surface area contributed by atoms with Gasteiger partial charge in [-0.3, -0.25) is 0 Å². The van der Waals surface area contributed by atoms with Crippen LogP contribution < -0.4 is 10.5 Å². The molecule has 0 spiro atoms. The SMILES string of the molecule is NC(COc1noc2ccc(Cl)cc12)c1cccs1. The standard InChI is InChI=1S/C13H11ClN2O2S/c14-8-3-4-11-9(6-8)13(16-18-11)17-7-10(15)12-2-1-5-19-12/h1-6,10H,7,15H2. The second-order valence-corrected chi connectivity index (χ2v) is 5.48. The molecule has 2 heterocycles. The molecule has 0 amide bonds. The maximum absolute atomic E-state index is 6.03. The van der Waals surface area contributed by atoms with Crippen molar-refractivity contribution in [1.29, 1.82) is 0 Å². The normalized spacial score (nSPS) is 12.7. The molecule has 19 heavy (non-hydrogen) atoms. The fraction of sp³-hybridized carbons (Fsp3) is 0.154. The molecule has 3 rings (SSSR count). The van der Waals surface area contributed by atoms with Crippen LogP contribution in [-0.4, -0.2) is 11.8 Å². The van der Waals surface area contributed by atoms with Crippen LogP contribution in [0.5, 0.6) is 5.88 Å². The Hall–Kier alpha value is -1.56. The number of hydrogen-bond donors (Lipinski definition) is 1. The highest BCUT2D eigenvalue weighted by Crippen LogP contribution is 2.28. The van der Waals surface area contributed by atoms with Gasteiger partial charge in [-0.25, -0.2) is 0 Å². The molecule has 2 aromatic heterocycles. The van der Waals surface area contributed by atoms with Crippen molar-refractivity contribution >= 4 is 33.9 Å². The first-order chi connectivity index (χ1) is 9.24. The Morgan fingerprint density at radius 2 is 2.32 bits per heavy atom. The smallest absolute Gasteiger partial charge is 0.262 e. The van der Waals surface area contributed by atoms with Crippen LogP contribution in [-0.2, 0) is 0 Å². The number of hydrogen-bond acceptors (Lipinski definition) is 5. The predicted octanol–water partition coefficient (Wildman–Crippen LogP) is 3.62. The van der Waals surface area contributed by atoms with Gasteiger partial charge in [-0.1, -0.05) is 17.7 Å². The summed E-state index contributed by atoms with van der Waals surface area (Å²) in [5.74, 6) is 0.421. The van der Waals surface area contributed by atoms with Crippen LogP contribution in [0.25, 0.3) is 11.0 Å². The van der Waals surface area contributed by atoms with E-state index in [0.29, 0.717) is 23.1 Å². The predicted molar refractivity (Wildman–Crippen MR) is 75.8 cm³/mol. The number of nitrogens with zero attached hydrogens (tertiary/aromatic N) is 1. The molecule has 0 bridgehead atoms. The fourth-order valence-corrected chi connectivity index (χ4v) is 2.63. The van der Waals surface area contributed by atoms with Gasteiger partial charge in [0, 0.05) is 9.90 Å². The quantitative estimate of drug-likeness (QED) is 0.798. The highest BCUT2D eigenvalue weighted by Gasteiger charge is 2.13. The maximum atomic E-state index is 6.03. The number of halogens is 1. The molecule has 3 aromatic rings. The minimum atomic E-state index is -0.175. The summed E-state index contributed by atoms with van der Waals surface area (Å²) in [6, 6.07) is 9.04. The molecule has 2 N–H and O–H groups in total. The van der Waals surface area contributed by atoms with Crippen LogP contribution in [0, 0.1) is 0 Å². The third-order valence-corrected chi connectivity index (χ3v) is 3.95. The van der Waals surface area contributed by atoms with Crippen LogP contribution >= 0.6 is 22.9 Å². The average Bonchev–Trinajstić information content (AvgIpc) is 3.05. The number of nitrogens with two attached hydrogens (primary N) is 1. The van der Waals surface area contributed by atoms with Crippen molar-refractivity contribution in [2.75, 3.05) is 6.61 Å². The van der Waals surface area contributed by atoms with E-state index >= 15 is 0 Å². The summed E-state index contributed by atoms with van der Waals surface area (Å²) in [5, 5.41) is 7.24. The molecule has 0 fully saturated rings. The summed E-state index contributed by atoms with van der Waals surface area (Å²) in [4.78, 5) is 1.07. The van der Waals surface area contributed by atoms with E-state index in [1.165, 1.54) is 0 Å². The number of ether oxygens (including phenoxy) is 1. The van der Waals surface area contributed by atoms with Crippen LogP contribution in [0.2, 0.25) is 5.02 Å². The molecule has 0 saturated heterocycles. The Balaban J connectivity index is 1.77. The third kappa shape index (κ3) is 2.58. The van der Waals surface area contributed by atoms with Crippen molar-refractivity contribution in [1.82, 2.24) is 5.16 Å². The van der Waals surface area contributed by atoms with Gasteiger partial charge in [-0.05, 0) is 34.8 Å². The van der Waals surface area contributed by atoms with Crippen LogP contribution in [0.15, 0.2) is 40.2 Å². The molecule has 98 valence electrons. The van der Waals surface area contributed by atoms with E-state index in [4.69, 9.17) is 26.6 Å². The summed E-state index contributed by atoms with van der Waals surface area (Å²) in [6.07, 6.45) is 0. The van der Waals surface area contributed by atoms with Crippen LogP contribution in [0.4, 0.5) is 0 Å².